The Bertz CT molecular complexity index is 1900. The largest absolute Gasteiger partial charge is 0.429 e. The molecule has 0 N–H and O–H groups in total. The van der Waals surface area contributed by atoms with Crippen LogP contribution in [0.25, 0.3) is 22.3 Å². The standard InChI is InChI=1S/C39H31F9O2/c1-2-3-4-5-24-6-12-29(13-7-24)38(45,46)49-19-18-25-8-17-32(34(41)20-25)39(47,48)50-30-14-9-26(10-15-30)27-11-16-31(33(40)21-27)28-22-35(42)37(44)36(43)23-28/h6-17,20-23H,2-5,18-19H2,1H3. The van der Waals surface area contributed by atoms with E-state index in [9.17, 15) is 39.5 Å². The maximum atomic E-state index is 15.0. The lowest BCUT2D eigenvalue weighted by atomic mass is 9.99. The van der Waals surface area contributed by atoms with E-state index in [1.807, 2.05) is 0 Å². The zero-order valence-electron chi connectivity index (χ0n) is 26.7. The van der Waals surface area contributed by atoms with Crippen LogP contribution in [-0.4, -0.2) is 6.61 Å². The molecule has 0 unspecified atom stereocenters. The summed E-state index contributed by atoms with van der Waals surface area (Å²) in [7, 11) is 0. The van der Waals surface area contributed by atoms with Crippen molar-refractivity contribution in [3.63, 3.8) is 0 Å². The molecule has 5 rings (SSSR count). The average molecular weight is 703 g/mol. The summed E-state index contributed by atoms with van der Waals surface area (Å²) in [4.78, 5) is 0. The first-order valence-electron chi connectivity index (χ1n) is 15.8. The predicted octanol–water partition coefficient (Wildman–Crippen LogP) is 11.9. The molecule has 11 heteroatoms. The van der Waals surface area contributed by atoms with Crippen molar-refractivity contribution in [3.8, 4) is 28.0 Å². The van der Waals surface area contributed by atoms with Crippen molar-refractivity contribution in [2.75, 3.05) is 6.61 Å². The maximum absolute atomic E-state index is 15.0. The second-order valence-corrected chi connectivity index (χ2v) is 11.7. The summed E-state index contributed by atoms with van der Waals surface area (Å²) in [6.45, 7) is 1.57. The predicted molar refractivity (Wildman–Crippen MR) is 171 cm³/mol. The minimum absolute atomic E-state index is 0.154. The quantitative estimate of drug-likeness (QED) is 0.0652. The van der Waals surface area contributed by atoms with Gasteiger partial charge in [0.05, 0.1) is 17.7 Å². The summed E-state index contributed by atoms with van der Waals surface area (Å²) in [5.74, 6) is -7.17. The van der Waals surface area contributed by atoms with Gasteiger partial charge < -0.3 is 9.47 Å². The Morgan fingerprint density at radius 1 is 0.540 bits per heavy atom. The Morgan fingerprint density at radius 2 is 1.16 bits per heavy atom. The molecule has 0 saturated carbocycles. The third-order valence-corrected chi connectivity index (χ3v) is 8.08. The van der Waals surface area contributed by atoms with E-state index in [2.05, 4.69) is 6.92 Å². The number of halogens is 9. The zero-order valence-corrected chi connectivity index (χ0v) is 26.7. The fourth-order valence-electron chi connectivity index (χ4n) is 5.33. The molecule has 0 radical (unpaired) electrons. The van der Waals surface area contributed by atoms with Crippen molar-refractivity contribution in [3.05, 3.63) is 148 Å². The molecule has 0 aliphatic carbocycles. The van der Waals surface area contributed by atoms with Crippen LogP contribution in [0.5, 0.6) is 5.75 Å². The van der Waals surface area contributed by atoms with E-state index >= 15 is 0 Å². The summed E-state index contributed by atoms with van der Waals surface area (Å²) in [5, 5.41) is 0. The smallest absolute Gasteiger partial charge is 0.429 e. The molecule has 5 aromatic rings. The van der Waals surface area contributed by atoms with Crippen molar-refractivity contribution in [2.24, 2.45) is 0 Å². The van der Waals surface area contributed by atoms with E-state index in [0.29, 0.717) is 17.7 Å². The topological polar surface area (TPSA) is 18.5 Å². The molecule has 0 aromatic heterocycles. The summed E-state index contributed by atoms with van der Waals surface area (Å²) < 4.78 is 139. The molecule has 0 aliphatic heterocycles. The minimum Gasteiger partial charge on any atom is -0.429 e. The maximum Gasteiger partial charge on any atom is 0.429 e. The Kier molecular flexibility index (Phi) is 11.3. The van der Waals surface area contributed by atoms with E-state index in [0.717, 1.165) is 67.6 Å². The molecule has 262 valence electrons. The molecular formula is C39H31F9O2. The number of unbranched alkanes of at least 4 members (excludes halogenated alkanes) is 2. The fraction of sp³-hybridized carbons (Fsp3) is 0.231. The Labute approximate surface area is 283 Å². The highest BCUT2D eigenvalue weighted by Gasteiger charge is 2.38. The first-order chi connectivity index (χ1) is 23.8. The van der Waals surface area contributed by atoms with Gasteiger partial charge >= 0.3 is 12.2 Å². The van der Waals surface area contributed by atoms with Crippen molar-refractivity contribution in [2.45, 2.75) is 51.2 Å². The number of hydrogen-bond acceptors (Lipinski definition) is 2. The Morgan fingerprint density at radius 3 is 1.78 bits per heavy atom. The zero-order chi connectivity index (χ0) is 36.1. The number of hydrogen-bond donors (Lipinski definition) is 0. The van der Waals surface area contributed by atoms with Gasteiger partial charge in [0.15, 0.2) is 17.5 Å². The molecule has 5 aromatic carbocycles. The molecule has 0 heterocycles. The van der Waals surface area contributed by atoms with Gasteiger partial charge in [0, 0.05) is 5.56 Å². The van der Waals surface area contributed by atoms with Gasteiger partial charge in [-0.15, -0.1) is 0 Å². The first-order valence-corrected chi connectivity index (χ1v) is 15.8. The van der Waals surface area contributed by atoms with E-state index < -0.39 is 53.5 Å². The summed E-state index contributed by atoms with van der Waals surface area (Å²) in [6, 6.07) is 18.6. The molecular weight excluding hydrogens is 671 g/mol. The Hall–Kier alpha value is -4.77. The van der Waals surface area contributed by atoms with Crippen LogP contribution in [0.1, 0.15) is 48.4 Å². The highest BCUT2D eigenvalue weighted by atomic mass is 19.3. The number of alkyl halides is 4. The molecule has 0 atom stereocenters. The molecule has 0 spiro atoms. The molecule has 0 aliphatic rings. The Balaban J connectivity index is 1.18. The van der Waals surface area contributed by atoms with Gasteiger partial charge in [-0.05, 0) is 89.5 Å². The molecule has 0 bridgehead atoms. The SMILES string of the molecule is CCCCCc1ccc(C(F)(F)OCCc2ccc(C(F)(F)Oc3ccc(-c4ccc(-c5cc(F)c(F)c(F)c5)c(F)c4)cc3)c(F)c2)cc1. The third kappa shape index (κ3) is 8.68. The van der Waals surface area contributed by atoms with Crippen LogP contribution in [0.2, 0.25) is 0 Å². The first kappa shape index (κ1) is 36.5. The van der Waals surface area contributed by atoms with Crippen molar-refractivity contribution in [1.29, 1.82) is 0 Å². The number of benzene rings is 5. The molecule has 0 amide bonds. The van der Waals surface area contributed by atoms with E-state index in [-0.39, 0.29) is 40.0 Å². The lowest BCUT2D eigenvalue weighted by Crippen LogP contribution is -2.23. The fourth-order valence-corrected chi connectivity index (χ4v) is 5.33. The van der Waals surface area contributed by atoms with E-state index in [1.54, 1.807) is 12.1 Å². The van der Waals surface area contributed by atoms with Gasteiger partial charge in [0.1, 0.15) is 17.4 Å². The van der Waals surface area contributed by atoms with Crippen molar-refractivity contribution in [1.82, 2.24) is 0 Å². The van der Waals surface area contributed by atoms with E-state index in [4.69, 9.17) is 9.47 Å². The summed E-state index contributed by atoms with van der Waals surface area (Å²) >= 11 is 0. The van der Waals surface area contributed by atoms with Crippen LogP contribution < -0.4 is 4.74 Å². The van der Waals surface area contributed by atoms with Crippen LogP contribution in [-0.2, 0) is 29.8 Å². The second-order valence-electron chi connectivity index (χ2n) is 11.7. The second kappa shape index (κ2) is 15.4. The van der Waals surface area contributed by atoms with Gasteiger partial charge in [-0.1, -0.05) is 74.4 Å². The summed E-state index contributed by atoms with van der Waals surface area (Å²) in [6.07, 6.45) is -4.05. The average Bonchev–Trinajstić information content (AvgIpc) is 3.07. The minimum atomic E-state index is -4.12. The van der Waals surface area contributed by atoms with Crippen LogP contribution >= 0.6 is 0 Å². The van der Waals surface area contributed by atoms with Crippen molar-refractivity contribution < 1.29 is 49.0 Å². The number of rotatable bonds is 14. The number of aryl methyl sites for hydroxylation is 1. The van der Waals surface area contributed by atoms with Crippen LogP contribution in [0, 0.1) is 29.1 Å². The van der Waals surface area contributed by atoms with Crippen molar-refractivity contribution >= 4 is 0 Å². The van der Waals surface area contributed by atoms with Gasteiger partial charge in [0.25, 0.3) is 0 Å². The lowest BCUT2D eigenvalue weighted by Gasteiger charge is -2.20. The monoisotopic (exact) mass is 702 g/mol. The van der Waals surface area contributed by atoms with E-state index in [1.165, 1.54) is 36.4 Å². The van der Waals surface area contributed by atoms with Crippen LogP contribution in [0.3, 0.4) is 0 Å². The van der Waals surface area contributed by atoms with Gasteiger partial charge in [-0.25, -0.2) is 22.0 Å². The third-order valence-electron chi connectivity index (χ3n) is 8.08. The molecule has 2 nitrogen and oxygen atoms in total. The van der Waals surface area contributed by atoms with Gasteiger partial charge in [0.2, 0.25) is 0 Å². The van der Waals surface area contributed by atoms with Crippen LogP contribution in [0.4, 0.5) is 39.5 Å². The molecule has 0 fully saturated rings. The summed E-state index contributed by atoms with van der Waals surface area (Å²) in [5.41, 5.74) is -0.0783. The van der Waals surface area contributed by atoms with Gasteiger partial charge in [-0.2, -0.15) is 17.6 Å². The normalized spacial score (nSPS) is 12.0. The highest BCUT2D eigenvalue weighted by Crippen LogP contribution is 2.36. The van der Waals surface area contributed by atoms with Gasteiger partial charge in [-0.3, -0.25) is 0 Å². The lowest BCUT2D eigenvalue weighted by molar-refractivity contribution is -0.248. The van der Waals surface area contributed by atoms with Crippen LogP contribution in [0.15, 0.2) is 97.1 Å². The number of ether oxygens (including phenoxy) is 2. The highest BCUT2D eigenvalue weighted by molar-refractivity contribution is 5.71. The molecule has 50 heavy (non-hydrogen) atoms. The molecule has 0 saturated heterocycles.